The van der Waals surface area contributed by atoms with Crippen LogP contribution in [-0.4, -0.2) is 228 Å². The molecule has 4 unspecified atom stereocenters. The molecule has 56 heteroatoms. The molecule has 0 spiro atoms. The normalized spacial score (nSPS) is 32.4. The van der Waals surface area contributed by atoms with E-state index in [-0.39, 0.29) is 81.0 Å². The summed E-state index contributed by atoms with van der Waals surface area (Å²) in [7, 11) is -5.54. The zero-order valence-corrected chi connectivity index (χ0v) is 73.2. The minimum atomic E-state index is -4.49. The maximum absolute atomic E-state index is 14.0. The smallest absolute Gasteiger partial charge is 0.386 e. The Balaban J connectivity index is 0.000000240. The molecule has 8 aromatic rings. The number of nitrogens with two attached hydrogens (primary N) is 1. The van der Waals surface area contributed by atoms with Gasteiger partial charge in [0.25, 0.3) is 22.2 Å². The molecule has 20 atom stereocenters. The monoisotopic (exact) mass is 1800 g/mol. The summed E-state index contributed by atoms with van der Waals surface area (Å²) in [6.07, 6.45) is -10.6. The average molecular weight is 1800 g/mol. The third kappa shape index (κ3) is 18.6. The quantitative estimate of drug-likeness (QED) is 0.0258. The van der Waals surface area contributed by atoms with Crippen molar-refractivity contribution in [1.29, 1.82) is 0 Å². The highest BCUT2D eigenvalue weighted by molar-refractivity contribution is 8.44. The predicted molar refractivity (Wildman–Crippen MR) is 425 cm³/mol. The SMILES string of the molecule is Nc1nc2c(ncn2[C@@H]2O[C@@H]3COP([O-])(=S)O[C@H]4[C@@H](O)[C@H](n5cnn6ccnc6c5=O)O[C@@H]4COP(=O)(S)O[C@@H]2[C@@H]3O)c(=O)[nH]1.[C-]#[N+]CCOP1(=S)OC[C@H]2O[C@@H](n3cnn4ccnc4c3=O)[C@H](O[Si](C)(C)C(C)(C)C)[C@@H]2OP(O)(=S)OC[C@H]2O[C@@H](n3cnc4c(=O)[nH]c(NC(=O)C(C)C)nc43)[C@H](O1)[C@@H]2O[Si](C)(C)C(C)(C)C.[NH4+].[NH4+]. The third-order valence-corrected chi connectivity index (χ3v) is 36.2. The van der Waals surface area contributed by atoms with Crippen molar-refractivity contribution in [1.82, 2.24) is 89.7 Å². The Hall–Kier alpha value is -5.72. The number of quaternary nitrogens is 2. The van der Waals surface area contributed by atoms with Crippen LogP contribution < -0.4 is 50.5 Å². The number of fused-ring (bicyclic) bond motifs is 10. The van der Waals surface area contributed by atoms with Crippen LogP contribution in [0.5, 0.6) is 0 Å². The second-order valence-corrected chi connectivity index (χ2v) is 51.0. The van der Waals surface area contributed by atoms with E-state index in [9.17, 15) is 48.5 Å². The van der Waals surface area contributed by atoms with E-state index in [1.54, 1.807) is 13.8 Å². The molecule has 46 nitrogen and oxygen atoms in total. The van der Waals surface area contributed by atoms with Crippen LogP contribution in [0.3, 0.4) is 0 Å². The van der Waals surface area contributed by atoms with Crippen LogP contribution in [0, 0.1) is 12.5 Å². The van der Waals surface area contributed by atoms with E-state index in [1.807, 2.05) is 47.0 Å². The van der Waals surface area contributed by atoms with Gasteiger partial charge in [-0.3, -0.25) is 75.6 Å². The number of aliphatic hydroxyl groups is 2. The van der Waals surface area contributed by atoms with Gasteiger partial charge in [0.2, 0.25) is 35.6 Å². The van der Waals surface area contributed by atoms with E-state index in [0.717, 1.165) is 17.2 Å². The number of carbonyl (C=O) groups excluding carboxylic acids is 1. The molecule has 14 rings (SSSR count). The van der Waals surface area contributed by atoms with Crippen molar-refractivity contribution < 1.29 is 97.9 Å². The summed E-state index contributed by atoms with van der Waals surface area (Å²) >= 11 is 21.1. The molecular formula is C59H90N21O25P4S4Si2+. The molecule has 0 radical (unpaired) electrons. The second-order valence-electron chi connectivity index (χ2n) is 30.2. The van der Waals surface area contributed by atoms with E-state index in [0.29, 0.717) is 0 Å². The molecule has 0 aliphatic carbocycles. The Kier molecular flexibility index (Phi) is 26.7. The van der Waals surface area contributed by atoms with Gasteiger partial charge >= 0.3 is 20.2 Å². The van der Waals surface area contributed by atoms with E-state index in [1.165, 1.54) is 60.2 Å². The van der Waals surface area contributed by atoms with Crippen molar-refractivity contribution in [2.75, 3.05) is 50.6 Å². The third-order valence-electron chi connectivity index (χ3n) is 20.2. The van der Waals surface area contributed by atoms with Crippen LogP contribution in [0.25, 0.3) is 38.5 Å². The number of imidazole rings is 4. The molecule has 6 fully saturated rings. The van der Waals surface area contributed by atoms with E-state index in [4.69, 9.17) is 116 Å². The number of nitrogens with zero attached hydrogens (tertiary/aromatic N) is 15. The molecule has 8 aromatic heterocycles. The van der Waals surface area contributed by atoms with Crippen LogP contribution in [0.15, 0.2) is 69.3 Å². The Morgan fingerprint density at radius 3 is 1.77 bits per heavy atom. The van der Waals surface area contributed by atoms with Crippen LogP contribution >= 0.6 is 39.2 Å². The average Bonchev–Trinajstić information content (AvgIpc) is 1.61. The molecule has 115 heavy (non-hydrogen) atoms. The highest BCUT2D eigenvalue weighted by atomic mass is 32.7. The first kappa shape index (κ1) is 90.1. The number of anilines is 2. The Morgan fingerprint density at radius 1 is 0.670 bits per heavy atom. The van der Waals surface area contributed by atoms with Gasteiger partial charge in [-0.25, -0.2) is 40.1 Å². The number of hydrogen-bond acceptors (Lipinski definition) is 36. The zero-order chi connectivity index (χ0) is 81.8. The molecule has 16 N–H and O–H groups in total. The summed E-state index contributed by atoms with van der Waals surface area (Å²) in [5, 5.41) is 32.6. The number of aromatic amines is 2. The molecule has 1 amide bonds. The zero-order valence-electron chi connectivity index (χ0n) is 64.2. The topological polar surface area (TPSA) is 603 Å². The minimum Gasteiger partial charge on any atom is -0.780 e. The Morgan fingerprint density at radius 2 is 1.18 bits per heavy atom. The summed E-state index contributed by atoms with van der Waals surface area (Å²) in [4.78, 5) is 124. The van der Waals surface area contributed by atoms with Crippen molar-refractivity contribution in [3.05, 3.63) is 103 Å². The lowest BCUT2D eigenvalue weighted by molar-refractivity contribution is -0.217. The lowest BCUT2D eigenvalue weighted by atomic mass is 10.1. The summed E-state index contributed by atoms with van der Waals surface area (Å²) < 4.78 is 115. The fraction of sp³-hybridized carbons (Fsp3) is 0.627. The molecule has 0 aromatic carbocycles. The maximum Gasteiger partial charge on any atom is 0.386 e. The van der Waals surface area contributed by atoms with Crippen LogP contribution in [0.2, 0.25) is 36.3 Å². The van der Waals surface area contributed by atoms with E-state index in [2.05, 4.69) is 93.3 Å². The number of nitrogen functional groups attached to an aromatic ring is 1. The van der Waals surface area contributed by atoms with Gasteiger partial charge in [0.15, 0.2) is 63.9 Å². The van der Waals surface area contributed by atoms with Gasteiger partial charge in [-0.15, -0.1) is 0 Å². The van der Waals surface area contributed by atoms with Gasteiger partial charge in [-0.05, 0) is 59.9 Å². The fourth-order valence-corrected chi connectivity index (χ4v) is 21.3. The van der Waals surface area contributed by atoms with Crippen molar-refractivity contribution in [2.45, 2.75) is 190 Å². The first-order valence-corrected chi connectivity index (χ1v) is 51.1. The Bertz CT molecular complexity index is 5450. The maximum atomic E-state index is 14.0. The van der Waals surface area contributed by atoms with Crippen molar-refractivity contribution >= 4 is 143 Å². The number of hydrogen-bond donors (Lipinski definition) is 10. The molecule has 4 bridgehead atoms. The number of amides is 1. The van der Waals surface area contributed by atoms with E-state index < -0.39 is 202 Å². The molecule has 14 heterocycles. The van der Waals surface area contributed by atoms with Crippen molar-refractivity contribution in [3.63, 3.8) is 0 Å². The lowest BCUT2D eigenvalue weighted by Crippen LogP contribution is -2.50. The van der Waals surface area contributed by atoms with Crippen molar-refractivity contribution in [2.24, 2.45) is 5.92 Å². The standard InChI is InChI=1S/C39H60N10O13P2S2Si2.C20H23N9O12P2S2.2H3N/c1-22(2)32(50)45-37-44-30-25(33(51)46-37)42-20-47(30)35-28-27(61-67(10,11)38(3,4)5)24(58-35)18-55-63(53,65)59-26-23(19-56-64(66,60-28)54-17-15-40-9)57-36(29(26)62-68(12,13)39(6,7)8)48-21-43-49-16-14-41-31(49)34(48)52;21-20-25-14-9(16(32)26-20)23-5-27(14)19-13-10(30)7(38-19)3-36-42(34,44)40-12-8(4-37-43(35,45)41-13)39-18(11(12)31)28-6-24-29-2-1-22-15(29)17(28)33;;/h14,16,20-24,26-29,35-36H,15,17-19H2,1-8,10-13H3,(H,53,65)(H2,44,45,46,50,51);1-2,5-8,10-13,18-19,30-31H,3-4H2,(H,34,44)(H,35,45)(H3,21,25,26,32);2*1H3/p+1/t23-,24-,26-,27-,28-,29-,35-,36-,63?,64?;7-,8-,10-,11-,12-,13-,18-,19-,42?,43?;;/m11../s1. The molecule has 632 valence electrons. The van der Waals surface area contributed by atoms with Gasteiger partial charge in [-0.1, -0.05) is 79.4 Å². The summed E-state index contributed by atoms with van der Waals surface area (Å²) in [6.45, 7) is 11.5. The van der Waals surface area contributed by atoms with Gasteiger partial charge in [-0.2, -0.15) is 20.2 Å². The first-order chi connectivity index (χ1) is 52.9. The van der Waals surface area contributed by atoms with E-state index >= 15 is 0 Å². The first-order valence-electron chi connectivity index (χ1n) is 34.9. The van der Waals surface area contributed by atoms with Crippen LogP contribution in [0.4, 0.5) is 11.9 Å². The molecule has 6 aliphatic heterocycles. The number of carbonyl (C=O) groups is 1. The largest absolute Gasteiger partial charge is 0.780 e. The minimum absolute atomic E-state index is 0. The number of H-pyrrole nitrogens is 2. The van der Waals surface area contributed by atoms with Gasteiger partial charge < -0.3 is 93.3 Å². The number of aliphatic hydroxyl groups excluding tert-OH is 2. The number of thiol groups is 1. The molecule has 6 aliphatic rings. The second kappa shape index (κ2) is 34.1. The van der Waals surface area contributed by atoms with Gasteiger partial charge in [0.05, 0.1) is 39.1 Å². The number of ether oxygens (including phenoxy) is 4. The van der Waals surface area contributed by atoms with Crippen LogP contribution in [0.1, 0.15) is 80.3 Å². The number of rotatable bonds is 13. The fourth-order valence-electron chi connectivity index (χ4n) is 12.3. The lowest BCUT2D eigenvalue weighted by Gasteiger charge is -2.41. The highest BCUT2D eigenvalue weighted by Gasteiger charge is 2.59. The van der Waals surface area contributed by atoms with Crippen LogP contribution in [-0.2, 0) is 113 Å². The summed E-state index contributed by atoms with van der Waals surface area (Å²) in [5.74, 6) is -1.20. The Labute approximate surface area is 675 Å². The summed E-state index contributed by atoms with van der Waals surface area (Å²) in [5.41, 5.74) is 2.86. The van der Waals surface area contributed by atoms with Gasteiger partial charge in [0, 0.05) is 30.7 Å². The van der Waals surface area contributed by atoms with Gasteiger partial charge in [0.1, 0.15) is 99.2 Å². The number of aromatic nitrogens is 16. The highest BCUT2D eigenvalue weighted by Crippen LogP contribution is 2.60. The molecular weight excluding hydrogens is 1710 g/mol. The predicted octanol–water partition coefficient (Wildman–Crippen LogP) is 3.70. The molecule has 6 saturated heterocycles. The van der Waals surface area contributed by atoms with Crippen molar-refractivity contribution in [3.8, 4) is 0 Å². The summed E-state index contributed by atoms with van der Waals surface area (Å²) in [6, 6.07) is 0. The number of nitrogens with one attached hydrogen (secondary N) is 3. The molecule has 0 saturated carbocycles.